The van der Waals surface area contributed by atoms with Crippen LogP contribution in [-0.4, -0.2) is 29.2 Å². The van der Waals surface area contributed by atoms with Crippen LogP contribution in [0.2, 0.25) is 0 Å². The number of hydrogen-bond acceptors (Lipinski definition) is 4. The minimum Gasteiger partial charge on any atom is -0.406 e. The van der Waals surface area contributed by atoms with E-state index in [0.717, 1.165) is 6.07 Å². The fourth-order valence-corrected chi connectivity index (χ4v) is 1.55. The molecule has 21 heavy (non-hydrogen) atoms. The number of alkyl halides is 3. The molecule has 0 heterocycles. The lowest BCUT2D eigenvalue weighted by Crippen LogP contribution is -2.21. The Balaban J connectivity index is 2.89. The highest BCUT2D eigenvalue weighted by atomic mass is 19.4. The van der Waals surface area contributed by atoms with E-state index < -0.39 is 35.7 Å². The average Bonchev–Trinajstić information content (AvgIpc) is 2.38. The van der Waals surface area contributed by atoms with Gasteiger partial charge in [-0.1, -0.05) is 5.11 Å². The summed E-state index contributed by atoms with van der Waals surface area (Å²) in [6.45, 7) is -0.158. The Morgan fingerprint density at radius 2 is 2.00 bits per heavy atom. The maximum Gasteiger partial charge on any atom is 0.573 e. The van der Waals surface area contributed by atoms with Crippen molar-refractivity contribution in [2.45, 2.75) is 25.0 Å². The minimum atomic E-state index is -4.96. The topological polar surface area (TPSA) is 98.5 Å². The molecule has 0 aliphatic rings. The molecule has 0 saturated carbocycles. The zero-order valence-electron chi connectivity index (χ0n) is 10.5. The summed E-state index contributed by atoms with van der Waals surface area (Å²) >= 11 is 0. The largest absolute Gasteiger partial charge is 0.573 e. The van der Waals surface area contributed by atoms with Crippen LogP contribution >= 0.6 is 0 Å². The molecule has 0 aromatic heterocycles. The molecule has 0 fully saturated rings. The van der Waals surface area contributed by atoms with Crippen LogP contribution in [0, 0.1) is 5.82 Å². The van der Waals surface area contributed by atoms with Gasteiger partial charge in [-0.05, 0) is 30.2 Å². The number of hydrogen-bond donors (Lipinski definition) is 2. The van der Waals surface area contributed by atoms with Gasteiger partial charge in [0.2, 0.25) is 0 Å². The Bertz CT molecular complexity index is 532. The van der Waals surface area contributed by atoms with Crippen molar-refractivity contribution in [2.75, 3.05) is 6.54 Å². The standard InChI is InChI=1S/C11H11F4N3O3/c12-8-2-1-6(21-11(13,14)15)5-7(8)10(20)9(19)3-4-17-18-16/h1-2,5,9-10,19-20H,3-4H2. The highest BCUT2D eigenvalue weighted by Gasteiger charge is 2.32. The second-order valence-electron chi connectivity index (χ2n) is 3.99. The number of aliphatic hydroxyl groups excluding tert-OH is 2. The van der Waals surface area contributed by atoms with Crippen molar-refractivity contribution in [1.29, 1.82) is 0 Å². The summed E-state index contributed by atoms with van der Waals surface area (Å²) < 4.78 is 53.3. The second kappa shape index (κ2) is 7.11. The first-order valence-electron chi connectivity index (χ1n) is 5.67. The number of ether oxygens (including phenoxy) is 1. The molecule has 2 atom stereocenters. The van der Waals surface area contributed by atoms with E-state index in [9.17, 15) is 27.8 Å². The molecular formula is C11H11F4N3O3. The summed E-state index contributed by atoms with van der Waals surface area (Å²) in [5.41, 5.74) is 7.50. The minimum absolute atomic E-state index is 0.158. The molecule has 1 aromatic rings. The molecule has 2 N–H and O–H groups in total. The van der Waals surface area contributed by atoms with Crippen LogP contribution < -0.4 is 4.74 Å². The monoisotopic (exact) mass is 309 g/mol. The van der Waals surface area contributed by atoms with E-state index in [2.05, 4.69) is 14.8 Å². The van der Waals surface area contributed by atoms with Gasteiger partial charge in [-0.2, -0.15) is 0 Å². The van der Waals surface area contributed by atoms with Gasteiger partial charge in [-0.25, -0.2) is 4.39 Å². The number of rotatable bonds is 6. The maximum atomic E-state index is 13.5. The summed E-state index contributed by atoms with van der Waals surface area (Å²) in [6.07, 6.45) is -8.43. The van der Waals surface area contributed by atoms with Crippen LogP contribution in [0.4, 0.5) is 17.6 Å². The molecule has 0 bridgehead atoms. The first kappa shape index (κ1) is 17.0. The van der Waals surface area contributed by atoms with Crippen LogP contribution in [0.5, 0.6) is 5.75 Å². The van der Waals surface area contributed by atoms with E-state index in [0.29, 0.717) is 12.1 Å². The smallest absolute Gasteiger partial charge is 0.406 e. The van der Waals surface area contributed by atoms with E-state index in [-0.39, 0.29) is 13.0 Å². The number of benzene rings is 1. The second-order valence-corrected chi connectivity index (χ2v) is 3.99. The first-order chi connectivity index (χ1) is 9.74. The van der Waals surface area contributed by atoms with Crippen molar-refractivity contribution in [3.63, 3.8) is 0 Å². The maximum absolute atomic E-state index is 13.5. The molecule has 0 radical (unpaired) electrons. The lowest BCUT2D eigenvalue weighted by Gasteiger charge is -2.19. The van der Waals surface area contributed by atoms with Crippen molar-refractivity contribution in [3.8, 4) is 5.75 Å². The SMILES string of the molecule is [N-]=[N+]=NCCC(O)C(O)c1cc(OC(F)(F)F)ccc1F. The predicted molar refractivity (Wildman–Crippen MR) is 62.7 cm³/mol. The Morgan fingerprint density at radius 3 is 2.57 bits per heavy atom. The van der Waals surface area contributed by atoms with E-state index >= 15 is 0 Å². The molecule has 0 saturated heterocycles. The quantitative estimate of drug-likeness (QED) is 0.366. The molecule has 0 aliphatic carbocycles. The molecular weight excluding hydrogens is 298 g/mol. The molecule has 0 aliphatic heterocycles. The van der Waals surface area contributed by atoms with E-state index in [1.165, 1.54) is 0 Å². The van der Waals surface area contributed by atoms with Crippen molar-refractivity contribution in [3.05, 3.63) is 40.0 Å². The van der Waals surface area contributed by atoms with Crippen LogP contribution in [0.25, 0.3) is 10.4 Å². The van der Waals surface area contributed by atoms with E-state index in [1.54, 1.807) is 0 Å². The fourth-order valence-electron chi connectivity index (χ4n) is 1.55. The van der Waals surface area contributed by atoms with E-state index in [4.69, 9.17) is 5.53 Å². The summed E-state index contributed by atoms with van der Waals surface area (Å²) in [5, 5.41) is 22.4. The van der Waals surface area contributed by atoms with Gasteiger partial charge in [-0.3, -0.25) is 0 Å². The Kier molecular flexibility index (Phi) is 5.77. The van der Waals surface area contributed by atoms with Gasteiger partial charge in [0.05, 0.1) is 6.10 Å². The van der Waals surface area contributed by atoms with Crippen molar-refractivity contribution in [2.24, 2.45) is 5.11 Å². The third-order valence-corrected chi connectivity index (χ3v) is 2.47. The Morgan fingerprint density at radius 1 is 1.33 bits per heavy atom. The normalized spacial score (nSPS) is 14.2. The van der Waals surface area contributed by atoms with Crippen molar-refractivity contribution in [1.82, 2.24) is 0 Å². The lowest BCUT2D eigenvalue weighted by molar-refractivity contribution is -0.274. The van der Waals surface area contributed by atoms with Crippen LogP contribution in [0.1, 0.15) is 18.1 Å². The summed E-state index contributed by atoms with van der Waals surface area (Å²) in [5.74, 6) is -1.72. The summed E-state index contributed by atoms with van der Waals surface area (Å²) in [6, 6.07) is 2.06. The molecule has 1 aromatic carbocycles. The number of azide groups is 1. The molecule has 0 amide bonds. The van der Waals surface area contributed by atoms with E-state index in [1.807, 2.05) is 0 Å². The number of nitrogens with zero attached hydrogens (tertiary/aromatic N) is 3. The predicted octanol–water partition coefficient (Wildman–Crippen LogP) is 2.82. The highest BCUT2D eigenvalue weighted by molar-refractivity contribution is 5.32. The average molecular weight is 309 g/mol. The zero-order valence-corrected chi connectivity index (χ0v) is 10.5. The number of halogens is 4. The van der Waals surface area contributed by atoms with Gasteiger partial charge < -0.3 is 14.9 Å². The van der Waals surface area contributed by atoms with Gasteiger partial charge in [-0.15, -0.1) is 13.2 Å². The third kappa shape index (κ3) is 5.46. The van der Waals surface area contributed by atoms with Gasteiger partial charge in [0, 0.05) is 17.0 Å². The summed E-state index contributed by atoms with van der Waals surface area (Å²) in [7, 11) is 0. The third-order valence-electron chi connectivity index (χ3n) is 2.47. The van der Waals surface area contributed by atoms with Crippen LogP contribution in [0.15, 0.2) is 23.3 Å². The lowest BCUT2D eigenvalue weighted by atomic mass is 10.0. The van der Waals surface area contributed by atoms with Crippen molar-refractivity contribution < 1.29 is 32.5 Å². The zero-order chi connectivity index (χ0) is 16.0. The number of aliphatic hydroxyl groups is 2. The Labute approximate surface area is 116 Å². The molecule has 6 nitrogen and oxygen atoms in total. The fraction of sp³-hybridized carbons (Fsp3) is 0.455. The Hall–Kier alpha value is -2.03. The molecule has 116 valence electrons. The highest BCUT2D eigenvalue weighted by Crippen LogP contribution is 2.29. The summed E-state index contributed by atoms with van der Waals surface area (Å²) in [4.78, 5) is 2.42. The van der Waals surface area contributed by atoms with Gasteiger partial charge in [0.25, 0.3) is 0 Å². The molecule has 1 rings (SSSR count). The molecule has 10 heteroatoms. The first-order valence-corrected chi connectivity index (χ1v) is 5.67. The molecule has 2 unspecified atom stereocenters. The molecule has 0 spiro atoms. The van der Waals surface area contributed by atoms with Gasteiger partial charge in [0.15, 0.2) is 0 Å². The van der Waals surface area contributed by atoms with Crippen LogP contribution in [-0.2, 0) is 0 Å². The van der Waals surface area contributed by atoms with Crippen LogP contribution in [0.3, 0.4) is 0 Å². The van der Waals surface area contributed by atoms with Gasteiger partial charge in [0.1, 0.15) is 17.7 Å². The van der Waals surface area contributed by atoms with Crippen molar-refractivity contribution >= 4 is 0 Å². The van der Waals surface area contributed by atoms with Gasteiger partial charge >= 0.3 is 6.36 Å².